The molecule has 0 aliphatic rings. The van der Waals surface area contributed by atoms with E-state index in [0.29, 0.717) is 0 Å². The highest BCUT2D eigenvalue weighted by Gasteiger charge is 2.03. The second-order valence-electron chi connectivity index (χ2n) is 3.35. The maximum atomic E-state index is 4.33. The maximum absolute atomic E-state index is 4.33. The van der Waals surface area contributed by atoms with Gasteiger partial charge in [-0.15, -0.1) is 0 Å². The molecule has 66 valence electrons. The predicted molar refractivity (Wildman–Crippen MR) is 53.7 cm³/mol. The fourth-order valence-corrected chi connectivity index (χ4v) is 1.68. The molecule has 2 heteroatoms. The van der Waals surface area contributed by atoms with Crippen LogP contribution in [0.1, 0.15) is 17.0 Å². The summed E-state index contributed by atoms with van der Waals surface area (Å²) < 4.78 is 0. The Bertz CT molecular complexity index is 453. The van der Waals surface area contributed by atoms with Gasteiger partial charge in [-0.2, -0.15) is 0 Å². The molecule has 2 heterocycles. The van der Waals surface area contributed by atoms with Crippen LogP contribution in [0, 0.1) is 20.8 Å². The standard InChI is InChI=1S/C11H12N2/c1-7-6-13-9(3)11-8(2)12-5-4-10(7)11/h4-6H,1-3H3. The number of nitrogens with zero attached hydrogens (tertiary/aromatic N) is 2. The van der Waals surface area contributed by atoms with Gasteiger partial charge in [-0.3, -0.25) is 9.97 Å². The molecule has 0 aliphatic carbocycles. The van der Waals surface area contributed by atoms with Gasteiger partial charge < -0.3 is 0 Å². The van der Waals surface area contributed by atoms with Crippen molar-refractivity contribution in [2.24, 2.45) is 0 Å². The first-order chi connectivity index (χ1) is 6.20. The molecular formula is C11H12N2. The van der Waals surface area contributed by atoms with Gasteiger partial charge in [0, 0.05) is 29.2 Å². The van der Waals surface area contributed by atoms with Gasteiger partial charge in [0.05, 0.1) is 0 Å². The predicted octanol–water partition coefficient (Wildman–Crippen LogP) is 2.56. The molecule has 0 aromatic carbocycles. The molecule has 2 nitrogen and oxygen atoms in total. The zero-order chi connectivity index (χ0) is 9.42. The van der Waals surface area contributed by atoms with Crippen LogP contribution in [0.2, 0.25) is 0 Å². The Morgan fingerprint density at radius 3 is 2.38 bits per heavy atom. The summed E-state index contributed by atoms with van der Waals surface area (Å²) in [5.41, 5.74) is 3.34. The second-order valence-corrected chi connectivity index (χ2v) is 3.35. The van der Waals surface area contributed by atoms with Crippen LogP contribution in [-0.2, 0) is 0 Å². The Labute approximate surface area is 77.6 Å². The minimum Gasteiger partial charge on any atom is -0.261 e. The molecule has 2 aromatic rings. The topological polar surface area (TPSA) is 25.8 Å². The summed E-state index contributed by atoms with van der Waals surface area (Å²) in [6, 6.07) is 2.05. The lowest BCUT2D eigenvalue weighted by Gasteiger charge is -2.05. The zero-order valence-electron chi connectivity index (χ0n) is 8.13. The molecule has 0 unspecified atom stereocenters. The van der Waals surface area contributed by atoms with E-state index >= 15 is 0 Å². The van der Waals surface area contributed by atoms with Gasteiger partial charge in [-0.05, 0) is 37.8 Å². The van der Waals surface area contributed by atoms with E-state index in [1.807, 2.05) is 32.3 Å². The van der Waals surface area contributed by atoms with Gasteiger partial charge in [0.1, 0.15) is 0 Å². The average Bonchev–Trinajstić information content (AvgIpc) is 2.12. The van der Waals surface area contributed by atoms with E-state index < -0.39 is 0 Å². The van der Waals surface area contributed by atoms with Crippen LogP contribution in [0.25, 0.3) is 10.8 Å². The van der Waals surface area contributed by atoms with E-state index in [-0.39, 0.29) is 0 Å². The summed E-state index contributed by atoms with van der Waals surface area (Å²) in [6.07, 6.45) is 3.77. The Balaban J connectivity index is 3.00. The smallest absolute Gasteiger partial charge is 0.0469 e. The van der Waals surface area contributed by atoms with Crippen molar-refractivity contribution in [3.8, 4) is 0 Å². The van der Waals surface area contributed by atoms with E-state index in [1.54, 1.807) is 0 Å². The Morgan fingerprint density at radius 1 is 1.00 bits per heavy atom. The first-order valence-corrected chi connectivity index (χ1v) is 4.37. The van der Waals surface area contributed by atoms with E-state index in [9.17, 15) is 0 Å². The largest absolute Gasteiger partial charge is 0.261 e. The summed E-state index contributed by atoms with van der Waals surface area (Å²) in [6.45, 7) is 6.13. The van der Waals surface area contributed by atoms with Gasteiger partial charge in [-0.1, -0.05) is 0 Å². The lowest BCUT2D eigenvalue weighted by atomic mass is 10.1. The summed E-state index contributed by atoms with van der Waals surface area (Å²) in [4.78, 5) is 8.60. The summed E-state index contributed by atoms with van der Waals surface area (Å²) in [7, 11) is 0. The van der Waals surface area contributed by atoms with Crippen LogP contribution in [0.15, 0.2) is 18.5 Å². The Hall–Kier alpha value is -1.44. The number of hydrogen-bond donors (Lipinski definition) is 0. The number of aromatic nitrogens is 2. The third-order valence-electron chi connectivity index (χ3n) is 2.38. The van der Waals surface area contributed by atoms with E-state index in [0.717, 1.165) is 11.4 Å². The van der Waals surface area contributed by atoms with Crippen molar-refractivity contribution in [3.05, 3.63) is 35.4 Å². The van der Waals surface area contributed by atoms with Crippen LogP contribution in [0.5, 0.6) is 0 Å². The third kappa shape index (κ3) is 1.18. The average molecular weight is 172 g/mol. The lowest BCUT2D eigenvalue weighted by molar-refractivity contribution is 1.16. The number of aryl methyl sites for hydroxylation is 3. The van der Waals surface area contributed by atoms with Gasteiger partial charge in [0.2, 0.25) is 0 Å². The molecule has 0 bridgehead atoms. The molecule has 0 amide bonds. The van der Waals surface area contributed by atoms with Crippen LogP contribution in [-0.4, -0.2) is 9.97 Å². The minimum atomic E-state index is 1.06. The SMILES string of the molecule is Cc1cnc(C)c2c(C)nccc12. The quantitative estimate of drug-likeness (QED) is 0.610. The molecule has 0 atom stereocenters. The monoisotopic (exact) mass is 172 g/mol. The van der Waals surface area contributed by atoms with Crippen LogP contribution < -0.4 is 0 Å². The number of fused-ring (bicyclic) bond motifs is 1. The third-order valence-corrected chi connectivity index (χ3v) is 2.38. The number of rotatable bonds is 0. The molecule has 13 heavy (non-hydrogen) atoms. The lowest BCUT2D eigenvalue weighted by Crippen LogP contribution is -1.91. The molecule has 0 radical (unpaired) electrons. The molecule has 0 N–H and O–H groups in total. The molecule has 2 rings (SSSR count). The highest BCUT2D eigenvalue weighted by atomic mass is 14.7. The highest BCUT2D eigenvalue weighted by molar-refractivity contribution is 5.88. The molecule has 2 aromatic heterocycles. The van der Waals surface area contributed by atoms with E-state index in [1.165, 1.54) is 16.3 Å². The van der Waals surface area contributed by atoms with Crippen LogP contribution >= 0.6 is 0 Å². The molecule has 0 spiro atoms. The van der Waals surface area contributed by atoms with Crippen molar-refractivity contribution in [1.82, 2.24) is 9.97 Å². The van der Waals surface area contributed by atoms with Crippen molar-refractivity contribution in [1.29, 1.82) is 0 Å². The van der Waals surface area contributed by atoms with Crippen molar-refractivity contribution >= 4 is 10.8 Å². The molecular weight excluding hydrogens is 160 g/mol. The van der Waals surface area contributed by atoms with Crippen molar-refractivity contribution in [3.63, 3.8) is 0 Å². The summed E-state index contributed by atoms with van der Waals surface area (Å²) in [5.74, 6) is 0. The molecule has 0 saturated heterocycles. The Kier molecular flexibility index (Phi) is 1.76. The molecule has 0 saturated carbocycles. The summed E-state index contributed by atoms with van der Waals surface area (Å²) >= 11 is 0. The van der Waals surface area contributed by atoms with Gasteiger partial charge in [0.15, 0.2) is 0 Å². The number of pyridine rings is 2. The van der Waals surface area contributed by atoms with Gasteiger partial charge >= 0.3 is 0 Å². The maximum Gasteiger partial charge on any atom is 0.0469 e. The van der Waals surface area contributed by atoms with Crippen molar-refractivity contribution in [2.45, 2.75) is 20.8 Å². The first-order valence-electron chi connectivity index (χ1n) is 4.37. The minimum absolute atomic E-state index is 1.06. The Morgan fingerprint density at radius 2 is 1.69 bits per heavy atom. The van der Waals surface area contributed by atoms with Gasteiger partial charge in [0.25, 0.3) is 0 Å². The normalized spacial score (nSPS) is 10.7. The van der Waals surface area contributed by atoms with Crippen LogP contribution in [0.4, 0.5) is 0 Å². The summed E-state index contributed by atoms with van der Waals surface area (Å²) in [5, 5.41) is 2.46. The van der Waals surface area contributed by atoms with Gasteiger partial charge in [-0.25, -0.2) is 0 Å². The fraction of sp³-hybridized carbons (Fsp3) is 0.273. The first kappa shape index (κ1) is 8.17. The van der Waals surface area contributed by atoms with Crippen molar-refractivity contribution in [2.75, 3.05) is 0 Å². The molecule has 0 aliphatic heterocycles. The van der Waals surface area contributed by atoms with E-state index in [4.69, 9.17) is 0 Å². The zero-order valence-corrected chi connectivity index (χ0v) is 8.13. The highest BCUT2D eigenvalue weighted by Crippen LogP contribution is 2.21. The number of hydrogen-bond acceptors (Lipinski definition) is 2. The second kappa shape index (κ2) is 2.80. The van der Waals surface area contributed by atoms with E-state index in [2.05, 4.69) is 16.9 Å². The van der Waals surface area contributed by atoms with Crippen LogP contribution in [0.3, 0.4) is 0 Å². The molecule has 0 fully saturated rings. The van der Waals surface area contributed by atoms with Crippen molar-refractivity contribution < 1.29 is 0 Å². The fourth-order valence-electron chi connectivity index (χ4n) is 1.68.